The fraction of sp³-hybridized carbons (Fsp3) is 0.375. The minimum Gasteiger partial charge on any atom is -0.323 e. The molecule has 100 valence electrons. The molecular formula is C16H19BrN2. The zero-order chi connectivity index (χ0) is 13.4. The highest BCUT2D eigenvalue weighted by Crippen LogP contribution is 2.38. The SMILES string of the molecule is Cc1ccc(C)n1NC1CC(c2cccc(Br)c2)C1. The molecule has 0 saturated heterocycles. The first kappa shape index (κ1) is 12.8. The normalized spacial score (nSPS) is 22.1. The van der Waals surface area contributed by atoms with E-state index in [1.165, 1.54) is 34.3 Å². The summed E-state index contributed by atoms with van der Waals surface area (Å²) in [4.78, 5) is 0. The number of rotatable bonds is 3. The Labute approximate surface area is 122 Å². The number of nitrogens with one attached hydrogen (secondary N) is 1. The van der Waals surface area contributed by atoms with Crippen LogP contribution in [-0.2, 0) is 0 Å². The smallest absolute Gasteiger partial charge is 0.0436 e. The summed E-state index contributed by atoms with van der Waals surface area (Å²) in [6.07, 6.45) is 2.43. The van der Waals surface area contributed by atoms with Gasteiger partial charge in [-0.05, 0) is 62.4 Å². The number of nitrogens with zero attached hydrogens (tertiary/aromatic N) is 1. The molecular weight excluding hydrogens is 300 g/mol. The van der Waals surface area contributed by atoms with E-state index in [1.807, 2.05) is 0 Å². The Hall–Kier alpha value is -1.22. The van der Waals surface area contributed by atoms with Crippen LogP contribution in [0.2, 0.25) is 0 Å². The van der Waals surface area contributed by atoms with E-state index >= 15 is 0 Å². The van der Waals surface area contributed by atoms with Crippen molar-refractivity contribution < 1.29 is 0 Å². The maximum absolute atomic E-state index is 3.61. The van der Waals surface area contributed by atoms with E-state index in [9.17, 15) is 0 Å². The lowest BCUT2D eigenvalue weighted by molar-refractivity contribution is 0.350. The van der Waals surface area contributed by atoms with Crippen molar-refractivity contribution in [3.63, 3.8) is 0 Å². The highest BCUT2D eigenvalue weighted by atomic mass is 79.9. The van der Waals surface area contributed by atoms with Gasteiger partial charge in [0.05, 0.1) is 0 Å². The Bertz CT molecular complexity index is 563. The molecule has 0 amide bonds. The molecule has 1 heterocycles. The third-order valence-corrected chi connectivity index (χ3v) is 4.53. The van der Waals surface area contributed by atoms with Crippen molar-refractivity contribution in [3.8, 4) is 0 Å². The van der Waals surface area contributed by atoms with Gasteiger partial charge < -0.3 is 5.43 Å². The Kier molecular flexibility index (Phi) is 3.40. The van der Waals surface area contributed by atoms with E-state index in [-0.39, 0.29) is 0 Å². The zero-order valence-corrected chi connectivity index (χ0v) is 12.9. The van der Waals surface area contributed by atoms with E-state index in [0.29, 0.717) is 12.0 Å². The minimum absolute atomic E-state index is 0.591. The van der Waals surface area contributed by atoms with Gasteiger partial charge in [-0.25, -0.2) is 0 Å². The van der Waals surface area contributed by atoms with E-state index in [2.05, 4.69) is 76.3 Å². The summed E-state index contributed by atoms with van der Waals surface area (Å²) in [6.45, 7) is 4.29. The molecule has 0 unspecified atom stereocenters. The van der Waals surface area contributed by atoms with Crippen molar-refractivity contribution in [1.82, 2.24) is 4.68 Å². The summed E-state index contributed by atoms with van der Waals surface area (Å²) in [5.41, 5.74) is 7.63. The first-order chi connectivity index (χ1) is 9.13. The van der Waals surface area contributed by atoms with Gasteiger partial charge >= 0.3 is 0 Å². The highest BCUT2D eigenvalue weighted by Gasteiger charge is 2.30. The molecule has 1 aliphatic carbocycles. The average molecular weight is 319 g/mol. The number of aromatic nitrogens is 1. The second kappa shape index (κ2) is 5.04. The summed E-state index contributed by atoms with van der Waals surface area (Å²) < 4.78 is 3.39. The Morgan fingerprint density at radius 1 is 1.11 bits per heavy atom. The number of aryl methyl sites for hydroxylation is 2. The highest BCUT2D eigenvalue weighted by molar-refractivity contribution is 9.10. The molecule has 1 aliphatic rings. The van der Waals surface area contributed by atoms with Gasteiger partial charge in [-0.2, -0.15) is 0 Å². The fourth-order valence-corrected chi connectivity index (χ4v) is 3.23. The Morgan fingerprint density at radius 2 is 1.79 bits per heavy atom. The van der Waals surface area contributed by atoms with Crippen LogP contribution < -0.4 is 5.43 Å². The molecule has 2 nitrogen and oxygen atoms in total. The number of halogens is 1. The number of hydrogen-bond acceptors (Lipinski definition) is 1. The van der Waals surface area contributed by atoms with Gasteiger partial charge in [-0.15, -0.1) is 0 Å². The monoisotopic (exact) mass is 318 g/mol. The molecule has 1 aromatic carbocycles. The second-order valence-electron chi connectivity index (χ2n) is 5.50. The summed E-state index contributed by atoms with van der Waals surface area (Å²) >= 11 is 3.55. The van der Waals surface area contributed by atoms with E-state index in [4.69, 9.17) is 0 Å². The van der Waals surface area contributed by atoms with Gasteiger partial charge in [0.2, 0.25) is 0 Å². The molecule has 2 aromatic rings. The molecule has 0 radical (unpaired) electrons. The Balaban J connectivity index is 1.62. The Morgan fingerprint density at radius 3 is 2.42 bits per heavy atom. The van der Waals surface area contributed by atoms with Crippen LogP contribution in [0, 0.1) is 13.8 Å². The average Bonchev–Trinajstić information content (AvgIpc) is 2.64. The van der Waals surface area contributed by atoms with Crippen LogP contribution in [0.1, 0.15) is 35.7 Å². The van der Waals surface area contributed by atoms with Gasteiger partial charge in [-0.3, -0.25) is 4.68 Å². The lowest BCUT2D eigenvalue weighted by Crippen LogP contribution is -2.39. The van der Waals surface area contributed by atoms with Crippen LogP contribution >= 0.6 is 15.9 Å². The van der Waals surface area contributed by atoms with Gasteiger partial charge in [0.25, 0.3) is 0 Å². The van der Waals surface area contributed by atoms with Crippen LogP contribution in [-0.4, -0.2) is 10.7 Å². The maximum atomic E-state index is 3.61. The van der Waals surface area contributed by atoms with Crippen LogP contribution in [0.4, 0.5) is 0 Å². The van der Waals surface area contributed by atoms with Crippen LogP contribution in [0.5, 0.6) is 0 Å². The van der Waals surface area contributed by atoms with Crippen molar-refractivity contribution in [2.45, 2.75) is 38.6 Å². The molecule has 1 fully saturated rings. The number of benzene rings is 1. The second-order valence-corrected chi connectivity index (χ2v) is 6.42. The minimum atomic E-state index is 0.591. The first-order valence-electron chi connectivity index (χ1n) is 6.80. The van der Waals surface area contributed by atoms with Gasteiger partial charge in [0.1, 0.15) is 0 Å². The summed E-state index contributed by atoms with van der Waals surface area (Å²) in [7, 11) is 0. The quantitative estimate of drug-likeness (QED) is 0.889. The molecule has 3 heteroatoms. The molecule has 0 bridgehead atoms. The van der Waals surface area contributed by atoms with E-state index in [1.54, 1.807) is 0 Å². The van der Waals surface area contributed by atoms with Gasteiger partial charge in [0.15, 0.2) is 0 Å². The first-order valence-corrected chi connectivity index (χ1v) is 7.60. The lowest BCUT2D eigenvalue weighted by atomic mass is 9.76. The maximum Gasteiger partial charge on any atom is 0.0436 e. The predicted octanol–water partition coefficient (Wildman–Crippen LogP) is 4.36. The third-order valence-electron chi connectivity index (χ3n) is 4.04. The van der Waals surface area contributed by atoms with Crippen LogP contribution in [0.3, 0.4) is 0 Å². The zero-order valence-electron chi connectivity index (χ0n) is 11.4. The molecule has 1 saturated carbocycles. The van der Waals surface area contributed by atoms with Crippen molar-refractivity contribution in [3.05, 3.63) is 57.8 Å². The van der Waals surface area contributed by atoms with Crippen LogP contribution in [0.15, 0.2) is 40.9 Å². The molecule has 3 rings (SSSR count). The molecule has 1 aromatic heterocycles. The standard InChI is InChI=1S/C16H19BrN2/c1-11-6-7-12(2)19(11)18-16-9-14(10-16)13-4-3-5-15(17)8-13/h3-8,14,16,18H,9-10H2,1-2H3. The van der Waals surface area contributed by atoms with Crippen molar-refractivity contribution >= 4 is 15.9 Å². The summed E-state index contributed by atoms with van der Waals surface area (Å²) in [5.74, 6) is 0.700. The van der Waals surface area contributed by atoms with E-state index in [0.717, 1.165) is 0 Å². The van der Waals surface area contributed by atoms with Crippen molar-refractivity contribution in [2.24, 2.45) is 0 Å². The molecule has 0 spiro atoms. The van der Waals surface area contributed by atoms with Gasteiger partial charge in [0, 0.05) is 21.9 Å². The summed E-state index contributed by atoms with van der Waals surface area (Å²) in [5, 5.41) is 0. The fourth-order valence-electron chi connectivity index (χ4n) is 2.81. The topological polar surface area (TPSA) is 17.0 Å². The van der Waals surface area contributed by atoms with Crippen molar-refractivity contribution in [2.75, 3.05) is 5.43 Å². The lowest BCUT2D eigenvalue weighted by Gasteiger charge is -2.37. The molecule has 0 atom stereocenters. The number of hydrogen-bond donors (Lipinski definition) is 1. The molecule has 0 aliphatic heterocycles. The van der Waals surface area contributed by atoms with E-state index < -0.39 is 0 Å². The molecule has 1 N–H and O–H groups in total. The largest absolute Gasteiger partial charge is 0.323 e. The predicted molar refractivity (Wildman–Crippen MR) is 83.2 cm³/mol. The van der Waals surface area contributed by atoms with Crippen molar-refractivity contribution in [1.29, 1.82) is 0 Å². The third kappa shape index (κ3) is 2.57. The van der Waals surface area contributed by atoms with Gasteiger partial charge in [-0.1, -0.05) is 28.1 Å². The summed E-state index contributed by atoms with van der Waals surface area (Å²) in [6, 6.07) is 13.6. The molecule has 19 heavy (non-hydrogen) atoms. The van der Waals surface area contributed by atoms with Crippen LogP contribution in [0.25, 0.3) is 0 Å².